The van der Waals surface area contributed by atoms with Crippen LogP contribution in [-0.4, -0.2) is 11.3 Å². The second kappa shape index (κ2) is 4.75. The van der Waals surface area contributed by atoms with Crippen molar-refractivity contribution in [2.45, 2.75) is 6.36 Å². The second-order valence-corrected chi connectivity index (χ2v) is 3.67. The van der Waals surface area contributed by atoms with Crippen molar-refractivity contribution in [1.82, 2.24) is 4.98 Å². The van der Waals surface area contributed by atoms with Gasteiger partial charge < -0.3 is 10.5 Å². The Morgan fingerprint density at radius 1 is 1.16 bits per heavy atom. The van der Waals surface area contributed by atoms with E-state index in [1.807, 2.05) is 0 Å². The van der Waals surface area contributed by atoms with Gasteiger partial charge in [-0.15, -0.1) is 13.2 Å². The van der Waals surface area contributed by atoms with Crippen LogP contribution >= 0.6 is 0 Å². The summed E-state index contributed by atoms with van der Waals surface area (Å²) in [7, 11) is 0. The van der Waals surface area contributed by atoms with Crippen LogP contribution in [0.1, 0.15) is 0 Å². The predicted molar refractivity (Wildman–Crippen MR) is 60.7 cm³/mol. The number of alkyl halides is 3. The van der Waals surface area contributed by atoms with Crippen LogP contribution in [0.3, 0.4) is 0 Å². The molecule has 0 spiro atoms. The summed E-state index contributed by atoms with van der Waals surface area (Å²) in [6.07, 6.45) is -3.84. The van der Waals surface area contributed by atoms with Crippen molar-refractivity contribution >= 4 is 5.69 Å². The van der Waals surface area contributed by atoms with E-state index in [1.165, 1.54) is 12.1 Å². The zero-order valence-electron chi connectivity index (χ0n) is 9.41. The van der Waals surface area contributed by atoms with Gasteiger partial charge in [-0.3, -0.25) is 4.98 Å². The van der Waals surface area contributed by atoms with Gasteiger partial charge in [0, 0.05) is 11.6 Å². The number of nitrogens with zero attached hydrogens (tertiary/aromatic N) is 1. The number of aromatic nitrogens is 1. The van der Waals surface area contributed by atoms with E-state index in [-0.39, 0.29) is 11.4 Å². The van der Waals surface area contributed by atoms with Crippen LogP contribution in [0.4, 0.5) is 23.2 Å². The number of ether oxygens (including phenoxy) is 1. The Hall–Kier alpha value is -2.31. The van der Waals surface area contributed by atoms with E-state index in [4.69, 9.17) is 5.73 Å². The van der Waals surface area contributed by atoms with Crippen molar-refractivity contribution in [3.63, 3.8) is 0 Å². The van der Waals surface area contributed by atoms with E-state index in [2.05, 4.69) is 9.72 Å². The molecule has 0 amide bonds. The van der Waals surface area contributed by atoms with Crippen LogP contribution in [0.2, 0.25) is 0 Å². The first-order valence-corrected chi connectivity index (χ1v) is 5.12. The van der Waals surface area contributed by atoms with E-state index < -0.39 is 17.9 Å². The summed E-state index contributed by atoms with van der Waals surface area (Å²) in [4.78, 5) is 3.75. The molecule has 0 saturated carbocycles. The fraction of sp³-hybridized carbons (Fsp3) is 0.0833. The molecule has 1 aromatic heterocycles. The molecule has 2 N–H and O–H groups in total. The number of nitrogen functional groups attached to an aromatic ring is 1. The molecule has 0 bridgehead atoms. The van der Waals surface area contributed by atoms with Gasteiger partial charge in [0.2, 0.25) is 0 Å². The molecular formula is C12H8F4N2O. The molecule has 7 heteroatoms. The predicted octanol–water partition coefficient (Wildman–Crippen LogP) is 3.37. The highest BCUT2D eigenvalue weighted by Gasteiger charge is 2.31. The molecule has 100 valence electrons. The lowest BCUT2D eigenvalue weighted by atomic mass is 10.1. The number of rotatable bonds is 2. The fourth-order valence-electron chi connectivity index (χ4n) is 1.54. The molecule has 0 aliphatic carbocycles. The van der Waals surface area contributed by atoms with Crippen molar-refractivity contribution in [2.75, 3.05) is 5.73 Å². The Balaban J connectivity index is 2.38. The molecule has 2 rings (SSSR count). The Kier molecular flexibility index (Phi) is 3.28. The molecule has 19 heavy (non-hydrogen) atoms. The van der Waals surface area contributed by atoms with Crippen molar-refractivity contribution in [3.8, 4) is 17.0 Å². The van der Waals surface area contributed by atoms with Gasteiger partial charge in [-0.05, 0) is 12.1 Å². The molecule has 1 aromatic carbocycles. The molecule has 0 unspecified atom stereocenters. The van der Waals surface area contributed by atoms with E-state index in [0.717, 1.165) is 24.4 Å². The molecule has 2 aromatic rings. The molecule has 0 atom stereocenters. The quantitative estimate of drug-likeness (QED) is 0.853. The molecule has 1 heterocycles. The third-order valence-electron chi connectivity index (χ3n) is 2.22. The number of halogens is 4. The minimum atomic E-state index is -4.78. The minimum absolute atomic E-state index is 0.0316. The van der Waals surface area contributed by atoms with Gasteiger partial charge in [0.05, 0.1) is 17.6 Å². The van der Waals surface area contributed by atoms with Crippen LogP contribution < -0.4 is 10.5 Å². The van der Waals surface area contributed by atoms with E-state index in [0.29, 0.717) is 5.56 Å². The van der Waals surface area contributed by atoms with E-state index in [1.54, 1.807) is 0 Å². The summed E-state index contributed by atoms with van der Waals surface area (Å²) in [5.41, 5.74) is 6.09. The molecule has 0 fully saturated rings. The lowest BCUT2D eigenvalue weighted by Gasteiger charge is -2.10. The molecule has 0 saturated heterocycles. The van der Waals surface area contributed by atoms with Gasteiger partial charge >= 0.3 is 6.36 Å². The first-order valence-electron chi connectivity index (χ1n) is 5.12. The summed E-state index contributed by atoms with van der Waals surface area (Å²) in [6, 6.07) is 6.18. The molecule has 0 aliphatic rings. The summed E-state index contributed by atoms with van der Waals surface area (Å²) in [5, 5.41) is 0. The zero-order chi connectivity index (χ0) is 14.0. The summed E-state index contributed by atoms with van der Waals surface area (Å²) >= 11 is 0. The third kappa shape index (κ3) is 3.34. The van der Waals surface area contributed by atoms with Crippen LogP contribution in [-0.2, 0) is 0 Å². The number of anilines is 1. The van der Waals surface area contributed by atoms with Crippen molar-refractivity contribution < 1.29 is 22.3 Å². The van der Waals surface area contributed by atoms with Crippen molar-refractivity contribution in [3.05, 3.63) is 42.3 Å². The average Bonchev–Trinajstić information content (AvgIpc) is 2.26. The highest BCUT2D eigenvalue weighted by atomic mass is 19.4. The Morgan fingerprint density at radius 3 is 2.53 bits per heavy atom. The lowest BCUT2D eigenvalue weighted by Crippen LogP contribution is -2.17. The van der Waals surface area contributed by atoms with Gasteiger partial charge in [-0.1, -0.05) is 12.1 Å². The topological polar surface area (TPSA) is 48.1 Å². The second-order valence-electron chi connectivity index (χ2n) is 3.67. The van der Waals surface area contributed by atoms with Gasteiger partial charge in [-0.25, -0.2) is 4.39 Å². The Bertz CT molecular complexity index is 599. The highest BCUT2D eigenvalue weighted by Crippen LogP contribution is 2.29. The van der Waals surface area contributed by atoms with Gasteiger partial charge in [0.1, 0.15) is 11.6 Å². The minimum Gasteiger partial charge on any atom is -0.406 e. The average molecular weight is 272 g/mol. The normalized spacial score (nSPS) is 11.4. The maximum Gasteiger partial charge on any atom is 0.573 e. The van der Waals surface area contributed by atoms with Gasteiger partial charge in [0.25, 0.3) is 0 Å². The van der Waals surface area contributed by atoms with Gasteiger partial charge in [0.15, 0.2) is 0 Å². The molecular weight excluding hydrogens is 264 g/mol. The van der Waals surface area contributed by atoms with Crippen LogP contribution in [0.5, 0.6) is 5.75 Å². The largest absolute Gasteiger partial charge is 0.573 e. The lowest BCUT2D eigenvalue weighted by molar-refractivity contribution is -0.274. The monoisotopic (exact) mass is 272 g/mol. The van der Waals surface area contributed by atoms with Crippen LogP contribution in [0.15, 0.2) is 36.5 Å². The van der Waals surface area contributed by atoms with Crippen molar-refractivity contribution in [1.29, 1.82) is 0 Å². The number of pyridine rings is 1. The molecule has 0 radical (unpaired) electrons. The number of nitrogens with two attached hydrogens (primary N) is 1. The Morgan fingerprint density at radius 2 is 1.89 bits per heavy atom. The smallest absolute Gasteiger partial charge is 0.406 e. The molecule has 3 nitrogen and oxygen atoms in total. The summed E-state index contributed by atoms with van der Waals surface area (Å²) < 4.78 is 52.9. The number of hydrogen-bond donors (Lipinski definition) is 1. The summed E-state index contributed by atoms with van der Waals surface area (Å²) in [5.74, 6) is -1.01. The molecule has 0 aliphatic heterocycles. The fourth-order valence-corrected chi connectivity index (χ4v) is 1.54. The van der Waals surface area contributed by atoms with Crippen molar-refractivity contribution in [2.24, 2.45) is 0 Å². The first kappa shape index (κ1) is 13.1. The summed E-state index contributed by atoms with van der Waals surface area (Å²) in [6.45, 7) is 0. The van der Waals surface area contributed by atoms with E-state index >= 15 is 0 Å². The number of hydrogen-bond acceptors (Lipinski definition) is 3. The third-order valence-corrected chi connectivity index (χ3v) is 2.22. The Labute approximate surface area is 105 Å². The van der Waals surface area contributed by atoms with E-state index in [9.17, 15) is 17.6 Å². The zero-order valence-corrected chi connectivity index (χ0v) is 9.41. The first-order chi connectivity index (χ1) is 8.85. The SMILES string of the molecule is Nc1cc(F)cnc1-c1cccc(OC(F)(F)F)c1. The number of benzene rings is 1. The highest BCUT2D eigenvalue weighted by molar-refractivity contribution is 5.73. The maximum absolute atomic E-state index is 12.8. The van der Waals surface area contributed by atoms with Crippen LogP contribution in [0.25, 0.3) is 11.3 Å². The maximum atomic E-state index is 12.8. The van der Waals surface area contributed by atoms with Crippen LogP contribution in [0, 0.1) is 5.82 Å². The standard InChI is InChI=1S/C12H8F4N2O/c13-8-5-10(17)11(18-6-8)7-2-1-3-9(4-7)19-12(14,15)16/h1-6H,17H2. The van der Waals surface area contributed by atoms with Gasteiger partial charge in [-0.2, -0.15) is 0 Å².